The number of nitrogens with zero attached hydrogens (tertiary/aromatic N) is 11. The number of aliphatic hydroxyl groups is 2. The van der Waals surface area contributed by atoms with E-state index in [1.54, 1.807) is 12.3 Å². The number of alkyl halides is 3. The molecule has 0 amide bonds. The van der Waals surface area contributed by atoms with Crippen LogP contribution in [0.5, 0.6) is 0 Å². The average Bonchev–Trinajstić information content (AvgIpc) is 4.22. The quantitative estimate of drug-likeness (QED) is 0.0875. The van der Waals surface area contributed by atoms with E-state index in [9.17, 15) is 10.2 Å². The van der Waals surface area contributed by atoms with Crippen LogP contribution in [0.2, 0.25) is 15.1 Å². The SMILES string of the molecule is C1=NN=NC1.Clc1ccccc1CC1(C2(Cl)CC2)CO1.OC(Cc1ccccc1Cl)(Cn1cnnn1)C1(Cl)CC1.OC(Cc1ccccc1Cl)(Cn1ncnn1)C1(Cl)CC1. The smallest absolute Gasteiger partial charge is 0.162 e. The van der Waals surface area contributed by atoms with Gasteiger partial charge in [-0.05, 0) is 94.3 Å². The summed E-state index contributed by atoms with van der Waals surface area (Å²) in [5.74, 6) is 0. The Bertz CT molecular complexity index is 2130. The summed E-state index contributed by atoms with van der Waals surface area (Å²) in [7, 11) is 0. The summed E-state index contributed by atoms with van der Waals surface area (Å²) in [4.78, 5) is -0.0105. The number of tetrazole rings is 2. The van der Waals surface area contributed by atoms with Crippen molar-refractivity contribution in [2.24, 2.45) is 15.4 Å². The molecule has 3 aliphatic carbocycles. The van der Waals surface area contributed by atoms with Gasteiger partial charge in [-0.1, -0.05) is 89.4 Å². The fourth-order valence-electron chi connectivity index (χ4n) is 7.10. The summed E-state index contributed by atoms with van der Waals surface area (Å²) in [6.45, 7) is 1.89. The zero-order valence-electron chi connectivity index (χ0n) is 32.3. The molecule has 3 unspecified atom stereocenters. The summed E-state index contributed by atoms with van der Waals surface area (Å²) >= 11 is 37.9. The molecular weight excluding hydrogens is 895 g/mol. The summed E-state index contributed by atoms with van der Waals surface area (Å²) in [6.07, 6.45) is 11.3. The van der Waals surface area contributed by atoms with Gasteiger partial charge in [-0.3, -0.25) is 0 Å². The molecular formula is C40H43Cl6N11O3. The molecule has 0 spiro atoms. The van der Waals surface area contributed by atoms with Crippen LogP contribution in [0.4, 0.5) is 0 Å². The maximum absolute atomic E-state index is 11.1. The van der Waals surface area contributed by atoms with Crippen LogP contribution in [0.3, 0.4) is 0 Å². The van der Waals surface area contributed by atoms with Gasteiger partial charge in [0, 0.05) is 34.3 Å². The molecule has 318 valence electrons. The second-order valence-corrected chi connectivity index (χ2v) is 19.1. The highest BCUT2D eigenvalue weighted by Gasteiger charge is 2.67. The minimum atomic E-state index is -1.15. The van der Waals surface area contributed by atoms with E-state index < -0.39 is 21.0 Å². The van der Waals surface area contributed by atoms with E-state index in [4.69, 9.17) is 74.3 Å². The van der Waals surface area contributed by atoms with Crippen LogP contribution < -0.4 is 0 Å². The van der Waals surface area contributed by atoms with Gasteiger partial charge < -0.3 is 14.9 Å². The van der Waals surface area contributed by atoms with Crippen molar-refractivity contribution in [3.8, 4) is 0 Å². The minimum Gasteiger partial charge on any atom is -0.386 e. The van der Waals surface area contributed by atoms with E-state index in [0.29, 0.717) is 29.4 Å². The Kier molecular flexibility index (Phi) is 13.9. The van der Waals surface area contributed by atoms with Crippen molar-refractivity contribution >= 4 is 75.8 Å². The monoisotopic (exact) mass is 935 g/mol. The summed E-state index contributed by atoms with van der Waals surface area (Å²) in [5.41, 5.74) is 0.471. The second-order valence-electron chi connectivity index (χ2n) is 15.7. The van der Waals surface area contributed by atoms with Gasteiger partial charge in [0.05, 0.1) is 47.1 Å². The van der Waals surface area contributed by atoms with Gasteiger partial charge in [-0.15, -0.1) is 55.2 Å². The minimum absolute atomic E-state index is 0.105. The molecule has 2 N–H and O–H groups in total. The van der Waals surface area contributed by atoms with Crippen molar-refractivity contribution in [3.05, 3.63) is 117 Å². The molecule has 2 aliphatic heterocycles. The largest absolute Gasteiger partial charge is 0.386 e. The first-order valence-corrected chi connectivity index (χ1v) is 21.6. The number of ether oxygens (including phenoxy) is 1. The summed E-state index contributed by atoms with van der Waals surface area (Å²) < 4.78 is 7.09. The molecule has 20 heteroatoms. The van der Waals surface area contributed by atoms with E-state index in [-0.39, 0.29) is 23.6 Å². The van der Waals surface area contributed by atoms with Crippen molar-refractivity contribution in [2.75, 3.05) is 13.2 Å². The highest BCUT2D eigenvalue weighted by atomic mass is 35.5. The number of epoxide rings is 1. The normalized spacial score (nSPS) is 22.3. The number of halogens is 6. The lowest BCUT2D eigenvalue weighted by Gasteiger charge is -2.33. The molecule has 14 nitrogen and oxygen atoms in total. The molecule has 5 aromatic rings. The number of hydrogen-bond acceptors (Lipinski definition) is 12. The molecule has 4 heterocycles. The summed E-state index contributed by atoms with van der Waals surface area (Å²) in [6, 6.07) is 22.8. The Hall–Kier alpha value is -3.31. The Morgan fingerprint density at radius 3 is 1.60 bits per heavy atom. The van der Waals surface area contributed by atoms with Gasteiger partial charge in [-0.25, -0.2) is 4.68 Å². The van der Waals surface area contributed by atoms with Crippen LogP contribution in [0.1, 0.15) is 55.2 Å². The summed E-state index contributed by atoms with van der Waals surface area (Å²) in [5, 5.41) is 56.7. The molecule has 1 saturated heterocycles. The van der Waals surface area contributed by atoms with Crippen LogP contribution in [0, 0.1) is 0 Å². The van der Waals surface area contributed by atoms with E-state index in [1.807, 2.05) is 66.7 Å². The van der Waals surface area contributed by atoms with Crippen LogP contribution >= 0.6 is 69.6 Å². The average molecular weight is 939 g/mol. The Balaban J connectivity index is 0.000000129. The molecule has 4 fully saturated rings. The van der Waals surface area contributed by atoms with Gasteiger partial charge in [0.1, 0.15) is 23.1 Å². The van der Waals surface area contributed by atoms with Gasteiger partial charge in [0.2, 0.25) is 0 Å². The van der Waals surface area contributed by atoms with E-state index in [1.165, 1.54) is 22.1 Å². The van der Waals surface area contributed by atoms with Gasteiger partial charge >= 0.3 is 0 Å². The Labute approximate surface area is 377 Å². The van der Waals surface area contributed by atoms with Crippen molar-refractivity contribution < 1.29 is 14.9 Å². The van der Waals surface area contributed by atoms with Crippen molar-refractivity contribution in [1.82, 2.24) is 40.4 Å². The third-order valence-corrected chi connectivity index (χ3v) is 14.6. The lowest BCUT2D eigenvalue weighted by atomic mass is 9.89. The van der Waals surface area contributed by atoms with Crippen molar-refractivity contribution in [2.45, 2.75) is 102 Å². The van der Waals surface area contributed by atoms with Crippen LogP contribution in [0.15, 0.2) is 101 Å². The highest BCUT2D eigenvalue weighted by Crippen LogP contribution is 2.60. The van der Waals surface area contributed by atoms with E-state index in [0.717, 1.165) is 73.3 Å². The first-order chi connectivity index (χ1) is 28.7. The Morgan fingerprint density at radius 2 is 1.22 bits per heavy atom. The second kappa shape index (κ2) is 18.6. The molecule has 5 aliphatic rings. The molecule has 3 aromatic carbocycles. The maximum atomic E-state index is 11.1. The first-order valence-electron chi connectivity index (χ1n) is 19.4. The molecule has 60 heavy (non-hydrogen) atoms. The molecule has 3 saturated carbocycles. The predicted molar refractivity (Wildman–Crippen MR) is 231 cm³/mol. The number of aromatic nitrogens is 8. The number of benzene rings is 3. The van der Waals surface area contributed by atoms with Crippen molar-refractivity contribution in [1.29, 1.82) is 0 Å². The van der Waals surface area contributed by atoms with Crippen LogP contribution in [0.25, 0.3) is 0 Å². The third-order valence-electron chi connectivity index (χ3n) is 11.3. The van der Waals surface area contributed by atoms with E-state index >= 15 is 0 Å². The molecule has 0 radical (unpaired) electrons. The third kappa shape index (κ3) is 10.8. The van der Waals surface area contributed by atoms with Gasteiger partial charge in [0.15, 0.2) is 6.33 Å². The van der Waals surface area contributed by atoms with Crippen LogP contribution in [-0.4, -0.2) is 101 Å². The molecule has 3 atom stereocenters. The zero-order valence-corrected chi connectivity index (χ0v) is 36.9. The predicted octanol–water partition coefficient (Wildman–Crippen LogP) is 8.00. The fraction of sp³-hybridized carbons (Fsp3) is 0.475. The molecule has 0 bridgehead atoms. The van der Waals surface area contributed by atoms with Crippen LogP contribution in [-0.2, 0) is 37.1 Å². The maximum Gasteiger partial charge on any atom is 0.162 e. The molecule has 10 rings (SSSR count). The number of rotatable bonds is 13. The fourth-order valence-corrected chi connectivity index (χ4v) is 8.42. The van der Waals surface area contributed by atoms with E-state index in [2.05, 4.69) is 46.4 Å². The van der Waals surface area contributed by atoms with Crippen molar-refractivity contribution in [3.63, 3.8) is 0 Å². The van der Waals surface area contributed by atoms with Gasteiger partial charge in [-0.2, -0.15) is 9.91 Å². The molecule has 2 aromatic heterocycles. The number of hydrogen-bond donors (Lipinski definition) is 2. The Morgan fingerprint density at radius 1 is 0.683 bits per heavy atom. The lowest BCUT2D eigenvalue weighted by molar-refractivity contribution is 0.00351. The highest BCUT2D eigenvalue weighted by molar-refractivity contribution is 6.32. The zero-order chi connectivity index (χ0) is 42.5. The first kappa shape index (κ1) is 44.7. The topological polar surface area (TPSA) is 177 Å². The standard InChI is InChI=1S/2C13H14Cl2N4O.C12H12Cl2O.C2H3N3/c14-11-4-2-1-3-10(11)7-13(20,12(15)5-6-12)8-19-9-16-17-18-19;14-11-4-2-1-3-10(11)7-13(20,12(15)5-6-12)8-19-17-9-16-18-19;13-10-4-2-1-3-9(10)7-12(8-15-12)11(14)5-6-11;1-2-4-5-3-1/h2*1-4,9,20H,5-8H2;1-4H,5-8H2;1H,2H2. The van der Waals surface area contributed by atoms with Gasteiger partial charge in [0.25, 0.3) is 0 Å². The lowest BCUT2D eigenvalue weighted by Crippen LogP contribution is -2.47.